The van der Waals surface area contributed by atoms with Gasteiger partial charge in [0.25, 0.3) is 0 Å². The lowest BCUT2D eigenvalue weighted by Crippen LogP contribution is -2.36. The van der Waals surface area contributed by atoms with Crippen LogP contribution < -0.4 is 10.2 Å². The first-order valence-electron chi connectivity index (χ1n) is 7.73. The molecule has 118 valence electrons. The van der Waals surface area contributed by atoms with Crippen LogP contribution in [0.3, 0.4) is 0 Å². The molecule has 0 saturated carbocycles. The number of rotatable bonds is 4. The van der Waals surface area contributed by atoms with Crippen LogP contribution in [0.15, 0.2) is 18.2 Å². The summed E-state index contributed by atoms with van der Waals surface area (Å²) in [4.78, 5) is 2.08. The van der Waals surface area contributed by atoms with Gasteiger partial charge in [0, 0.05) is 31.1 Å². The summed E-state index contributed by atoms with van der Waals surface area (Å²) >= 11 is 0. The molecule has 2 N–H and O–H groups in total. The molecule has 1 aromatic carbocycles. The van der Waals surface area contributed by atoms with Crippen LogP contribution in [0.2, 0.25) is 0 Å². The van der Waals surface area contributed by atoms with E-state index in [0.29, 0.717) is 12.2 Å². The third kappa shape index (κ3) is 4.17. The number of hydrogen-bond donors (Lipinski definition) is 2. The van der Waals surface area contributed by atoms with Gasteiger partial charge in [-0.1, -0.05) is 12.1 Å². The minimum atomic E-state index is -0.335. The predicted molar refractivity (Wildman–Crippen MR) is 85.0 cm³/mol. The van der Waals surface area contributed by atoms with Crippen molar-refractivity contribution in [3.05, 3.63) is 29.6 Å². The van der Waals surface area contributed by atoms with Crippen LogP contribution in [0.4, 0.5) is 10.1 Å². The Balaban J connectivity index is 2.18. The summed E-state index contributed by atoms with van der Waals surface area (Å²) < 4.78 is 14.3. The second-order valence-corrected chi connectivity index (χ2v) is 7.09. The zero-order chi connectivity index (χ0) is 15.6. The van der Waals surface area contributed by atoms with E-state index < -0.39 is 0 Å². The Morgan fingerprint density at radius 1 is 1.43 bits per heavy atom. The number of anilines is 1. The highest BCUT2D eigenvalue weighted by Gasteiger charge is 2.29. The van der Waals surface area contributed by atoms with Crippen molar-refractivity contribution >= 4 is 5.69 Å². The Bertz CT molecular complexity index is 482. The number of aliphatic hydroxyl groups excluding tert-OH is 1. The van der Waals surface area contributed by atoms with Crippen LogP contribution in [0, 0.1) is 11.7 Å². The lowest BCUT2D eigenvalue weighted by atomic mass is 10.0. The highest BCUT2D eigenvalue weighted by molar-refractivity contribution is 5.55. The summed E-state index contributed by atoms with van der Waals surface area (Å²) in [6.07, 6.45) is 0.580. The van der Waals surface area contributed by atoms with Crippen LogP contribution in [0.1, 0.15) is 39.7 Å². The van der Waals surface area contributed by atoms with Crippen molar-refractivity contribution in [3.63, 3.8) is 0 Å². The maximum atomic E-state index is 14.3. The fourth-order valence-corrected chi connectivity index (χ4v) is 2.80. The van der Waals surface area contributed by atoms with E-state index in [9.17, 15) is 9.50 Å². The Kier molecular flexibility index (Phi) is 4.89. The first-order valence-corrected chi connectivity index (χ1v) is 7.73. The highest BCUT2D eigenvalue weighted by Crippen LogP contribution is 2.31. The van der Waals surface area contributed by atoms with Crippen molar-refractivity contribution in [2.24, 2.45) is 5.92 Å². The minimum Gasteiger partial charge on any atom is -0.393 e. The number of hydrogen-bond acceptors (Lipinski definition) is 3. The monoisotopic (exact) mass is 294 g/mol. The maximum absolute atomic E-state index is 14.3. The van der Waals surface area contributed by atoms with Crippen molar-refractivity contribution in [2.75, 3.05) is 18.0 Å². The van der Waals surface area contributed by atoms with E-state index in [-0.39, 0.29) is 23.4 Å². The molecule has 2 unspecified atom stereocenters. The predicted octanol–water partition coefficient (Wildman–Crippen LogP) is 2.92. The van der Waals surface area contributed by atoms with Gasteiger partial charge in [-0.3, -0.25) is 0 Å². The summed E-state index contributed by atoms with van der Waals surface area (Å²) in [5.74, 6) is 0.0579. The van der Waals surface area contributed by atoms with E-state index in [0.717, 1.165) is 25.1 Å². The second kappa shape index (κ2) is 6.32. The topological polar surface area (TPSA) is 35.5 Å². The van der Waals surface area contributed by atoms with E-state index in [1.54, 1.807) is 6.07 Å². The van der Waals surface area contributed by atoms with Gasteiger partial charge in [-0.25, -0.2) is 4.39 Å². The van der Waals surface area contributed by atoms with Gasteiger partial charge in [0.2, 0.25) is 0 Å². The number of nitrogens with one attached hydrogen (secondary N) is 1. The maximum Gasteiger partial charge on any atom is 0.146 e. The zero-order valence-corrected chi connectivity index (χ0v) is 13.5. The van der Waals surface area contributed by atoms with Gasteiger partial charge in [0.1, 0.15) is 5.82 Å². The molecule has 1 fully saturated rings. The number of aliphatic hydroxyl groups is 1. The molecule has 21 heavy (non-hydrogen) atoms. The van der Waals surface area contributed by atoms with E-state index in [2.05, 4.69) is 31.0 Å². The Morgan fingerprint density at radius 2 is 2.14 bits per heavy atom. The molecule has 0 aromatic heterocycles. The van der Waals surface area contributed by atoms with E-state index in [1.165, 1.54) is 6.07 Å². The summed E-state index contributed by atoms with van der Waals surface area (Å²) in [6.45, 7) is 10.3. The normalized spacial score (nSPS) is 20.9. The molecule has 0 aliphatic carbocycles. The summed E-state index contributed by atoms with van der Waals surface area (Å²) in [5.41, 5.74) is 1.67. The van der Waals surface area contributed by atoms with Crippen molar-refractivity contribution < 1.29 is 9.50 Å². The quantitative estimate of drug-likeness (QED) is 0.896. The molecule has 1 saturated heterocycles. The first-order chi connectivity index (χ1) is 9.78. The van der Waals surface area contributed by atoms with Gasteiger partial charge < -0.3 is 15.3 Å². The van der Waals surface area contributed by atoms with Crippen LogP contribution in [0.5, 0.6) is 0 Å². The van der Waals surface area contributed by atoms with Crippen LogP contribution in [0.25, 0.3) is 0 Å². The van der Waals surface area contributed by atoms with Gasteiger partial charge in [0.05, 0.1) is 11.8 Å². The average molecular weight is 294 g/mol. The zero-order valence-electron chi connectivity index (χ0n) is 13.5. The van der Waals surface area contributed by atoms with Gasteiger partial charge in [-0.05, 0) is 45.7 Å². The van der Waals surface area contributed by atoms with Crippen molar-refractivity contribution in [1.29, 1.82) is 0 Å². The summed E-state index contributed by atoms with van der Waals surface area (Å²) in [6, 6.07) is 5.26. The Hall–Kier alpha value is -1.13. The third-order valence-corrected chi connectivity index (χ3v) is 4.10. The summed E-state index contributed by atoms with van der Waals surface area (Å²) in [5, 5.41) is 13.2. The van der Waals surface area contributed by atoms with Crippen molar-refractivity contribution in [1.82, 2.24) is 5.32 Å². The molecule has 2 atom stereocenters. The molecule has 1 aliphatic rings. The molecular formula is C17H27FN2O. The molecular weight excluding hydrogens is 267 g/mol. The van der Waals surface area contributed by atoms with E-state index >= 15 is 0 Å². The molecule has 3 nitrogen and oxygen atoms in total. The smallest absolute Gasteiger partial charge is 0.146 e. The minimum absolute atomic E-state index is 0.00323. The lowest BCUT2D eigenvalue weighted by Gasteiger charge is -2.26. The molecule has 0 bridgehead atoms. The summed E-state index contributed by atoms with van der Waals surface area (Å²) in [7, 11) is 0. The van der Waals surface area contributed by atoms with Crippen molar-refractivity contribution in [2.45, 2.75) is 52.3 Å². The highest BCUT2D eigenvalue weighted by atomic mass is 19.1. The third-order valence-electron chi connectivity index (χ3n) is 4.10. The largest absolute Gasteiger partial charge is 0.393 e. The molecule has 2 rings (SSSR count). The molecule has 1 heterocycles. The fraction of sp³-hybridized carbons (Fsp3) is 0.647. The average Bonchev–Trinajstić information content (AvgIpc) is 2.85. The standard InChI is InChI=1S/C17H27FN2O/c1-12(21)14-8-9-20(11-14)16-13(6-5-7-15(16)18)10-19-17(2,3)4/h5-7,12,14,19,21H,8-11H2,1-4H3. The molecule has 1 aliphatic heterocycles. The number of para-hydroxylation sites is 1. The van der Waals surface area contributed by atoms with Crippen LogP contribution in [-0.2, 0) is 6.54 Å². The lowest BCUT2D eigenvalue weighted by molar-refractivity contribution is 0.136. The van der Waals surface area contributed by atoms with Gasteiger partial charge in [0.15, 0.2) is 0 Å². The second-order valence-electron chi connectivity index (χ2n) is 7.09. The van der Waals surface area contributed by atoms with E-state index in [1.807, 2.05) is 13.0 Å². The molecule has 0 amide bonds. The Morgan fingerprint density at radius 3 is 2.71 bits per heavy atom. The van der Waals surface area contributed by atoms with Gasteiger partial charge in [-0.2, -0.15) is 0 Å². The number of benzene rings is 1. The van der Waals surface area contributed by atoms with Gasteiger partial charge in [-0.15, -0.1) is 0 Å². The first kappa shape index (κ1) is 16.2. The molecule has 0 spiro atoms. The molecule has 1 aromatic rings. The van der Waals surface area contributed by atoms with Gasteiger partial charge >= 0.3 is 0 Å². The van der Waals surface area contributed by atoms with Crippen LogP contribution in [-0.4, -0.2) is 29.8 Å². The fourth-order valence-electron chi connectivity index (χ4n) is 2.80. The Labute approximate surface area is 127 Å². The van der Waals surface area contributed by atoms with Crippen molar-refractivity contribution in [3.8, 4) is 0 Å². The van der Waals surface area contributed by atoms with Crippen LogP contribution >= 0.6 is 0 Å². The molecule has 0 radical (unpaired) electrons. The SMILES string of the molecule is CC(O)C1CCN(c2c(F)cccc2CNC(C)(C)C)C1. The van der Waals surface area contributed by atoms with E-state index in [4.69, 9.17) is 0 Å². The molecule has 4 heteroatoms. The number of halogens is 1. The number of nitrogens with zero attached hydrogens (tertiary/aromatic N) is 1.